The maximum atomic E-state index is 12.8. The van der Waals surface area contributed by atoms with Crippen molar-refractivity contribution in [3.63, 3.8) is 0 Å². The molecular weight excluding hydrogens is 293 g/mol. The third kappa shape index (κ3) is 5.02. The van der Waals surface area contributed by atoms with Crippen molar-refractivity contribution in [2.24, 2.45) is 0 Å². The van der Waals surface area contributed by atoms with Crippen LogP contribution in [0.1, 0.15) is 44.1 Å². The summed E-state index contributed by atoms with van der Waals surface area (Å²) in [7, 11) is 0. The molecule has 2 N–H and O–H groups in total. The van der Waals surface area contributed by atoms with Gasteiger partial charge in [0.05, 0.1) is 11.3 Å². The monoisotopic (exact) mass is 314 g/mol. The third-order valence-corrected chi connectivity index (χ3v) is 3.90. The fourth-order valence-corrected chi connectivity index (χ4v) is 2.75. The van der Waals surface area contributed by atoms with Crippen LogP contribution in [0.2, 0.25) is 0 Å². The minimum Gasteiger partial charge on any atom is -0.325 e. The maximum Gasteiger partial charge on any atom is 0.418 e. The lowest BCUT2D eigenvalue weighted by molar-refractivity contribution is -0.137. The fraction of sp³-hybridized carbons (Fsp3) is 0.562. The molecule has 22 heavy (non-hydrogen) atoms. The van der Waals surface area contributed by atoms with E-state index in [9.17, 15) is 18.0 Å². The molecule has 0 radical (unpaired) electrons. The van der Waals surface area contributed by atoms with Gasteiger partial charge in [-0.2, -0.15) is 13.2 Å². The molecule has 2 rings (SSSR count). The number of hydrogen-bond donors (Lipinski definition) is 2. The van der Waals surface area contributed by atoms with E-state index in [1.807, 2.05) is 0 Å². The van der Waals surface area contributed by atoms with Crippen molar-refractivity contribution in [3.8, 4) is 0 Å². The zero-order valence-electron chi connectivity index (χ0n) is 12.4. The minimum absolute atomic E-state index is 0.169. The number of carbonyl (C=O) groups is 1. The normalized spacial score (nSPS) is 16.5. The predicted octanol–water partition coefficient (Wildman–Crippen LogP) is 3.96. The van der Waals surface area contributed by atoms with Crippen LogP contribution in [0.3, 0.4) is 0 Å². The highest BCUT2D eigenvalue weighted by Crippen LogP contribution is 2.34. The first-order chi connectivity index (χ1) is 10.5. The lowest BCUT2D eigenvalue weighted by Gasteiger charge is -2.22. The van der Waals surface area contributed by atoms with E-state index in [0.29, 0.717) is 12.6 Å². The second-order valence-electron chi connectivity index (χ2n) is 5.63. The van der Waals surface area contributed by atoms with E-state index in [0.717, 1.165) is 18.9 Å². The van der Waals surface area contributed by atoms with Gasteiger partial charge in [-0.25, -0.2) is 0 Å². The topological polar surface area (TPSA) is 41.1 Å². The van der Waals surface area contributed by atoms with Gasteiger partial charge < -0.3 is 10.6 Å². The van der Waals surface area contributed by atoms with E-state index in [-0.39, 0.29) is 12.1 Å². The number of hydrogen-bond acceptors (Lipinski definition) is 2. The number of para-hydroxylation sites is 1. The van der Waals surface area contributed by atoms with Crippen LogP contribution in [0.15, 0.2) is 24.3 Å². The molecule has 1 aromatic rings. The summed E-state index contributed by atoms with van der Waals surface area (Å²) in [5, 5.41) is 5.66. The van der Waals surface area contributed by atoms with Crippen LogP contribution in [0.25, 0.3) is 0 Å². The molecule has 6 heteroatoms. The van der Waals surface area contributed by atoms with Gasteiger partial charge in [0.25, 0.3) is 0 Å². The highest BCUT2D eigenvalue weighted by atomic mass is 19.4. The summed E-state index contributed by atoms with van der Waals surface area (Å²) < 4.78 is 38.5. The van der Waals surface area contributed by atoms with Gasteiger partial charge in [-0.05, 0) is 25.0 Å². The van der Waals surface area contributed by atoms with Gasteiger partial charge >= 0.3 is 6.18 Å². The Hall–Kier alpha value is -1.56. The van der Waals surface area contributed by atoms with E-state index in [1.165, 1.54) is 37.5 Å². The molecule has 0 aromatic heterocycles. The molecule has 1 aliphatic rings. The second kappa shape index (κ2) is 7.63. The quantitative estimate of drug-likeness (QED) is 0.864. The van der Waals surface area contributed by atoms with Gasteiger partial charge in [-0.15, -0.1) is 0 Å². The van der Waals surface area contributed by atoms with Gasteiger partial charge in [-0.1, -0.05) is 31.4 Å². The number of alkyl halides is 3. The Bertz CT molecular complexity index is 496. The van der Waals surface area contributed by atoms with E-state index in [2.05, 4.69) is 10.6 Å². The molecule has 0 heterocycles. The number of rotatable bonds is 5. The highest BCUT2D eigenvalue weighted by molar-refractivity contribution is 5.91. The Morgan fingerprint density at radius 3 is 2.50 bits per heavy atom. The lowest BCUT2D eigenvalue weighted by Crippen LogP contribution is -2.33. The number of carbonyl (C=O) groups excluding carboxylic acids is 1. The van der Waals surface area contributed by atoms with Gasteiger partial charge in [0.15, 0.2) is 0 Å². The summed E-state index contributed by atoms with van der Waals surface area (Å²) in [6.45, 7) is 0.491. The predicted molar refractivity (Wildman–Crippen MR) is 79.6 cm³/mol. The number of halogens is 3. The number of benzene rings is 1. The van der Waals surface area contributed by atoms with Crippen LogP contribution in [-0.2, 0) is 11.0 Å². The molecule has 3 nitrogen and oxygen atoms in total. The Morgan fingerprint density at radius 1 is 1.14 bits per heavy atom. The average molecular weight is 314 g/mol. The standard InChI is InChI=1S/C16H21F3N2O/c17-16(18,19)13-8-4-5-9-14(13)21-15(22)10-11-20-12-6-2-1-3-7-12/h4-5,8-9,12,20H,1-3,6-7,10-11H2,(H,21,22). The zero-order valence-corrected chi connectivity index (χ0v) is 12.4. The molecule has 0 saturated heterocycles. The first-order valence-electron chi connectivity index (χ1n) is 7.66. The van der Waals surface area contributed by atoms with Crippen molar-refractivity contribution in [2.45, 2.75) is 50.7 Å². The maximum absolute atomic E-state index is 12.8. The Balaban J connectivity index is 1.82. The molecule has 0 unspecified atom stereocenters. The third-order valence-electron chi connectivity index (χ3n) is 3.90. The van der Waals surface area contributed by atoms with Crippen LogP contribution in [0, 0.1) is 0 Å². The smallest absolute Gasteiger partial charge is 0.325 e. The van der Waals surface area contributed by atoms with Crippen LogP contribution in [-0.4, -0.2) is 18.5 Å². The minimum atomic E-state index is -4.47. The molecule has 0 spiro atoms. The molecule has 0 aliphatic heterocycles. The van der Waals surface area contributed by atoms with Gasteiger partial charge in [0, 0.05) is 19.0 Å². The molecule has 0 atom stereocenters. The molecular formula is C16H21F3N2O. The Labute approximate surface area is 128 Å². The Kier molecular flexibility index (Phi) is 5.83. The number of nitrogens with one attached hydrogen (secondary N) is 2. The van der Waals surface area contributed by atoms with Gasteiger partial charge in [-0.3, -0.25) is 4.79 Å². The van der Waals surface area contributed by atoms with Crippen LogP contribution in [0.4, 0.5) is 18.9 Å². The van der Waals surface area contributed by atoms with Crippen LogP contribution < -0.4 is 10.6 Å². The summed E-state index contributed by atoms with van der Waals surface area (Å²) in [6, 6.07) is 5.46. The van der Waals surface area contributed by atoms with Crippen molar-refractivity contribution in [3.05, 3.63) is 29.8 Å². The average Bonchev–Trinajstić information content (AvgIpc) is 2.48. The summed E-state index contributed by atoms with van der Waals surface area (Å²) in [5.74, 6) is -0.403. The van der Waals surface area contributed by atoms with E-state index in [4.69, 9.17) is 0 Å². The zero-order chi connectivity index (χ0) is 16.0. The second-order valence-corrected chi connectivity index (χ2v) is 5.63. The summed E-state index contributed by atoms with van der Waals surface area (Å²) in [6.07, 6.45) is 1.57. The molecule has 1 aliphatic carbocycles. The molecule has 1 fully saturated rings. The van der Waals surface area contributed by atoms with Crippen molar-refractivity contribution < 1.29 is 18.0 Å². The summed E-state index contributed by atoms with van der Waals surface area (Å²) in [4.78, 5) is 11.8. The number of anilines is 1. The highest BCUT2D eigenvalue weighted by Gasteiger charge is 2.33. The van der Waals surface area contributed by atoms with Crippen molar-refractivity contribution >= 4 is 11.6 Å². The van der Waals surface area contributed by atoms with Gasteiger partial charge in [0.1, 0.15) is 0 Å². The van der Waals surface area contributed by atoms with Crippen LogP contribution in [0.5, 0.6) is 0 Å². The molecule has 1 saturated carbocycles. The first-order valence-corrected chi connectivity index (χ1v) is 7.66. The van der Waals surface area contributed by atoms with Crippen molar-refractivity contribution in [1.29, 1.82) is 0 Å². The summed E-state index contributed by atoms with van der Waals surface area (Å²) in [5.41, 5.74) is -0.999. The molecule has 122 valence electrons. The van der Waals surface area contributed by atoms with E-state index < -0.39 is 17.6 Å². The largest absolute Gasteiger partial charge is 0.418 e. The Morgan fingerprint density at radius 2 is 1.82 bits per heavy atom. The first kappa shape index (κ1) is 16.8. The van der Waals surface area contributed by atoms with Gasteiger partial charge in [0.2, 0.25) is 5.91 Å². The van der Waals surface area contributed by atoms with Crippen LogP contribution >= 0.6 is 0 Å². The number of amides is 1. The molecule has 1 amide bonds. The van der Waals surface area contributed by atoms with E-state index in [1.54, 1.807) is 0 Å². The lowest BCUT2D eigenvalue weighted by atomic mass is 9.95. The van der Waals surface area contributed by atoms with Crippen molar-refractivity contribution in [1.82, 2.24) is 5.32 Å². The van der Waals surface area contributed by atoms with E-state index >= 15 is 0 Å². The molecule has 1 aromatic carbocycles. The summed E-state index contributed by atoms with van der Waals surface area (Å²) >= 11 is 0. The molecule has 0 bridgehead atoms. The fourth-order valence-electron chi connectivity index (χ4n) is 2.75. The SMILES string of the molecule is O=C(CCNC1CCCCC1)Nc1ccccc1C(F)(F)F. The van der Waals surface area contributed by atoms with Crippen molar-refractivity contribution in [2.75, 3.05) is 11.9 Å².